The van der Waals surface area contributed by atoms with Gasteiger partial charge in [-0.1, -0.05) is 91.0 Å². The molecule has 0 aliphatic rings. The molecule has 0 aliphatic carbocycles. The largest absolute Gasteiger partial charge is 0.489 e. The Kier molecular flexibility index (Phi) is 7.88. The van der Waals surface area contributed by atoms with Crippen LogP contribution in [0.4, 0.5) is 0 Å². The number of rotatable bonds is 11. The van der Waals surface area contributed by atoms with Crippen LogP contribution in [0.5, 0.6) is 11.5 Å². The summed E-state index contributed by atoms with van der Waals surface area (Å²) in [5.41, 5.74) is 3.59. The van der Waals surface area contributed by atoms with E-state index in [1.807, 2.05) is 91.0 Å². The van der Waals surface area contributed by atoms with Crippen LogP contribution in [0.3, 0.4) is 0 Å². The van der Waals surface area contributed by atoms with Gasteiger partial charge in [-0.15, -0.1) is 0 Å². The smallest absolute Gasteiger partial charge is 0.192 e. The summed E-state index contributed by atoms with van der Waals surface area (Å²) in [7, 11) is 0. The van der Waals surface area contributed by atoms with Gasteiger partial charge in [-0.3, -0.25) is 4.79 Å². The maximum absolute atomic E-state index is 12.9. The third-order valence-corrected chi connectivity index (χ3v) is 5.08. The first-order valence-electron chi connectivity index (χ1n) is 10.9. The second-order valence-corrected chi connectivity index (χ2v) is 7.61. The molecule has 0 N–H and O–H groups in total. The number of carbonyl (C=O) groups excluding carboxylic acids is 1. The highest BCUT2D eigenvalue weighted by molar-refractivity contribution is 5.99. The highest BCUT2D eigenvalue weighted by Gasteiger charge is 2.15. The molecule has 0 saturated heterocycles. The fraction of sp³-hybridized carbons (Fsp3) is 0.138. The molecule has 0 aromatic heterocycles. The standard InChI is InChI=1S/C29H26O4/c30-28(22-31-19-23-10-4-1-5-11-23)27-17-16-26(32-20-24-12-6-2-7-13-24)18-29(27)33-21-25-14-8-3-9-15-25/h1-18H,19-22H2. The molecule has 0 heterocycles. The van der Waals surface area contributed by atoms with Gasteiger partial charge in [-0.05, 0) is 28.8 Å². The SMILES string of the molecule is O=C(COCc1ccccc1)c1ccc(OCc2ccccc2)cc1OCc1ccccc1. The fourth-order valence-electron chi connectivity index (χ4n) is 3.33. The van der Waals surface area contributed by atoms with Crippen LogP contribution in [0.2, 0.25) is 0 Å². The minimum Gasteiger partial charge on any atom is -0.489 e. The van der Waals surface area contributed by atoms with Crippen LogP contribution in [0.15, 0.2) is 109 Å². The minimum atomic E-state index is -0.136. The van der Waals surface area contributed by atoms with Gasteiger partial charge in [0.05, 0.1) is 12.2 Å². The molecule has 0 bridgehead atoms. The van der Waals surface area contributed by atoms with Gasteiger partial charge in [0.1, 0.15) is 31.3 Å². The number of ketones is 1. The number of hydrogen-bond donors (Lipinski definition) is 0. The third-order valence-electron chi connectivity index (χ3n) is 5.08. The van der Waals surface area contributed by atoms with E-state index in [0.717, 1.165) is 16.7 Å². The van der Waals surface area contributed by atoms with E-state index < -0.39 is 0 Å². The second kappa shape index (κ2) is 11.7. The van der Waals surface area contributed by atoms with Crippen molar-refractivity contribution in [3.63, 3.8) is 0 Å². The lowest BCUT2D eigenvalue weighted by atomic mass is 10.1. The summed E-state index contributed by atoms with van der Waals surface area (Å²) in [5.74, 6) is 0.991. The summed E-state index contributed by atoms with van der Waals surface area (Å²) >= 11 is 0. The second-order valence-electron chi connectivity index (χ2n) is 7.61. The van der Waals surface area contributed by atoms with E-state index >= 15 is 0 Å². The van der Waals surface area contributed by atoms with E-state index in [1.165, 1.54) is 0 Å². The van der Waals surface area contributed by atoms with Crippen LogP contribution in [-0.4, -0.2) is 12.4 Å². The first-order chi connectivity index (χ1) is 16.3. The molecule has 4 aromatic rings. The van der Waals surface area contributed by atoms with E-state index in [4.69, 9.17) is 14.2 Å². The van der Waals surface area contributed by atoms with Crippen molar-refractivity contribution in [1.82, 2.24) is 0 Å². The molecule has 0 atom stereocenters. The first kappa shape index (κ1) is 22.3. The fourth-order valence-corrected chi connectivity index (χ4v) is 3.33. The number of ether oxygens (including phenoxy) is 3. The minimum absolute atomic E-state index is 0.0270. The molecular formula is C29H26O4. The average Bonchev–Trinajstić information content (AvgIpc) is 2.88. The van der Waals surface area contributed by atoms with Gasteiger partial charge in [-0.2, -0.15) is 0 Å². The number of hydrogen-bond acceptors (Lipinski definition) is 4. The summed E-state index contributed by atoms with van der Waals surface area (Å²) in [4.78, 5) is 12.9. The molecule has 4 aromatic carbocycles. The van der Waals surface area contributed by atoms with Gasteiger partial charge in [0.15, 0.2) is 5.78 Å². The predicted octanol–water partition coefficient (Wildman–Crippen LogP) is 6.24. The lowest BCUT2D eigenvalue weighted by Gasteiger charge is -2.14. The van der Waals surface area contributed by atoms with Gasteiger partial charge in [0.25, 0.3) is 0 Å². The molecule has 0 unspecified atom stereocenters. The molecule has 0 radical (unpaired) electrons. The molecular weight excluding hydrogens is 412 g/mol. The lowest BCUT2D eigenvalue weighted by molar-refractivity contribution is 0.0722. The van der Waals surface area contributed by atoms with Gasteiger partial charge >= 0.3 is 0 Å². The van der Waals surface area contributed by atoms with Gasteiger partial charge < -0.3 is 14.2 Å². The zero-order chi connectivity index (χ0) is 22.7. The zero-order valence-corrected chi connectivity index (χ0v) is 18.4. The topological polar surface area (TPSA) is 44.8 Å². The molecule has 33 heavy (non-hydrogen) atoms. The summed E-state index contributed by atoms with van der Waals surface area (Å²) < 4.78 is 17.6. The highest BCUT2D eigenvalue weighted by Crippen LogP contribution is 2.27. The Morgan fingerprint density at radius 3 is 1.67 bits per heavy atom. The van der Waals surface area contributed by atoms with E-state index in [0.29, 0.717) is 36.9 Å². The van der Waals surface area contributed by atoms with Crippen LogP contribution in [0, 0.1) is 0 Å². The molecule has 0 spiro atoms. The van der Waals surface area contributed by atoms with Crippen LogP contribution in [0.1, 0.15) is 27.0 Å². The number of benzene rings is 4. The van der Waals surface area contributed by atoms with E-state index in [2.05, 4.69) is 0 Å². The molecule has 166 valence electrons. The van der Waals surface area contributed by atoms with Crippen LogP contribution in [-0.2, 0) is 24.6 Å². The Morgan fingerprint density at radius 2 is 1.09 bits per heavy atom. The average molecular weight is 439 g/mol. The monoisotopic (exact) mass is 438 g/mol. The number of Topliss-reactive ketones (excluding diaryl/α,β-unsaturated/α-hetero) is 1. The van der Waals surface area contributed by atoms with Crippen LogP contribution >= 0.6 is 0 Å². The van der Waals surface area contributed by atoms with E-state index in [9.17, 15) is 4.79 Å². The predicted molar refractivity (Wildman–Crippen MR) is 128 cm³/mol. The van der Waals surface area contributed by atoms with Gasteiger partial charge in [0.2, 0.25) is 0 Å². The van der Waals surface area contributed by atoms with Crippen LogP contribution < -0.4 is 9.47 Å². The quantitative estimate of drug-likeness (QED) is 0.260. The Bertz CT molecular complexity index is 1140. The van der Waals surface area contributed by atoms with Crippen molar-refractivity contribution in [2.24, 2.45) is 0 Å². The molecule has 0 saturated carbocycles. The molecule has 4 heteroatoms. The third kappa shape index (κ3) is 6.79. The Morgan fingerprint density at radius 1 is 0.576 bits per heavy atom. The molecule has 0 aliphatic heterocycles. The van der Waals surface area contributed by atoms with Crippen molar-refractivity contribution >= 4 is 5.78 Å². The zero-order valence-electron chi connectivity index (χ0n) is 18.4. The van der Waals surface area contributed by atoms with Crippen molar-refractivity contribution in [1.29, 1.82) is 0 Å². The van der Waals surface area contributed by atoms with Crippen molar-refractivity contribution < 1.29 is 19.0 Å². The summed E-state index contributed by atoms with van der Waals surface area (Å²) in [6.45, 7) is 1.15. The summed E-state index contributed by atoms with van der Waals surface area (Å²) in [6, 6.07) is 34.9. The molecule has 0 amide bonds. The number of carbonyl (C=O) groups is 1. The van der Waals surface area contributed by atoms with Crippen molar-refractivity contribution in [3.05, 3.63) is 131 Å². The van der Waals surface area contributed by atoms with Crippen molar-refractivity contribution in [2.45, 2.75) is 19.8 Å². The summed E-state index contributed by atoms with van der Waals surface area (Å²) in [6.07, 6.45) is 0. The molecule has 0 fully saturated rings. The van der Waals surface area contributed by atoms with Gasteiger partial charge in [0, 0.05) is 6.07 Å². The van der Waals surface area contributed by atoms with E-state index in [1.54, 1.807) is 18.2 Å². The van der Waals surface area contributed by atoms with Crippen molar-refractivity contribution in [2.75, 3.05) is 6.61 Å². The Balaban J connectivity index is 1.45. The Labute approximate surface area is 194 Å². The summed E-state index contributed by atoms with van der Waals surface area (Å²) in [5, 5.41) is 0. The first-order valence-corrected chi connectivity index (χ1v) is 10.9. The molecule has 4 nitrogen and oxygen atoms in total. The maximum atomic E-state index is 12.9. The van der Waals surface area contributed by atoms with Crippen LogP contribution in [0.25, 0.3) is 0 Å². The van der Waals surface area contributed by atoms with Crippen molar-refractivity contribution in [3.8, 4) is 11.5 Å². The van der Waals surface area contributed by atoms with Gasteiger partial charge in [-0.25, -0.2) is 0 Å². The lowest BCUT2D eigenvalue weighted by Crippen LogP contribution is -2.11. The van der Waals surface area contributed by atoms with E-state index in [-0.39, 0.29) is 12.4 Å². The normalized spacial score (nSPS) is 10.5. The molecule has 4 rings (SSSR count). The Hall–Kier alpha value is -3.89. The highest BCUT2D eigenvalue weighted by atomic mass is 16.5. The maximum Gasteiger partial charge on any atom is 0.192 e.